The molecule has 2 aromatic rings. The minimum atomic E-state index is -2.93. The van der Waals surface area contributed by atoms with Crippen LogP contribution in [0.3, 0.4) is 0 Å². The summed E-state index contributed by atoms with van der Waals surface area (Å²) in [6, 6.07) is 4.54. The Balaban J connectivity index is 1.94. The minimum Gasteiger partial charge on any atom is -0.493 e. The van der Waals surface area contributed by atoms with Crippen molar-refractivity contribution in [3.8, 4) is 11.5 Å². The fourth-order valence-electron chi connectivity index (χ4n) is 1.88. The molecule has 136 valence electrons. The number of ether oxygens (including phenoxy) is 2. The van der Waals surface area contributed by atoms with Gasteiger partial charge in [-0.1, -0.05) is 29.2 Å². The van der Waals surface area contributed by atoms with Gasteiger partial charge in [0.2, 0.25) is 11.0 Å². The first-order valence-electron chi connectivity index (χ1n) is 6.96. The lowest BCUT2D eigenvalue weighted by molar-refractivity contribution is -0.127. The lowest BCUT2D eigenvalue weighted by Gasteiger charge is -2.18. The van der Waals surface area contributed by atoms with E-state index in [9.17, 15) is 13.6 Å². The molecular formula is C14H16F2N4O3S2. The number of carbonyl (C=O) groups is 1. The van der Waals surface area contributed by atoms with Crippen LogP contribution in [-0.2, 0) is 11.3 Å². The van der Waals surface area contributed by atoms with Gasteiger partial charge in [-0.05, 0) is 17.7 Å². The smallest absolute Gasteiger partial charge is 0.387 e. The number of amides is 1. The predicted molar refractivity (Wildman–Crippen MR) is 91.1 cm³/mol. The number of benzene rings is 1. The fraction of sp³-hybridized carbons (Fsp3) is 0.357. The Labute approximate surface area is 151 Å². The summed E-state index contributed by atoms with van der Waals surface area (Å²) in [6.45, 7) is -2.64. The number of hydrogen-bond acceptors (Lipinski definition) is 8. The van der Waals surface area contributed by atoms with E-state index in [4.69, 9.17) is 10.5 Å². The van der Waals surface area contributed by atoms with Crippen LogP contribution in [0.25, 0.3) is 0 Å². The molecule has 1 aromatic carbocycles. The minimum absolute atomic E-state index is 0.0559. The second-order valence-electron chi connectivity index (χ2n) is 4.81. The Morgan fingerprint density at radius 2 is 2.16 bits per heavy atom. The zero-order valence-corrected chi connectivity index (χ0v) is 15.1. The van der Waals surface area contributed by atoms with E-state index in [1.807, 2.05) is 0 Å². The van der Waals surface area contributed by atoms with Crippen LogP contribution in [0.4, 0.5) is 13.9 Å². The number of methoxy groups -OCH3 is 1. The summed E-state index contributed by atoms with van der Waals surface area (Å²) < 4.78 is 34.7. The van der Waals surface area contributed by atoms with Gasteiger partial charge < -0.3 is 20.1 Å². The molecule has 0 saturated heterocycles. The highest BCUT2D eigenvalue weighted by molar-refractivity contribution is 8.01. The van der Waals surface area contributed by atoms with E-state index in [2.05, 4.69) is 14.9 Å². The Bertz CT molecular complexity index is 730. The summed E-state index contributed by atoms with van der Waals surface area (Å²) in [7, 11) is 3.00. The largest absolute Gasteiger partial charge is 0.493 e. The molecule has 0 spiro atoms. The monoisotopic (exact) mass is 390 g/mol. The van der Waals surface area contributed by atoms with Crippen molar-refractivity contribution in [1.29, 1.82) is 0 Å². The number of nitrogens with zero attached hydrogens (tertiary/aromatic N) is 3. The standard InChI is InChI=1S/C14H16F2N4O3S2/c1-20(11(21)7-24-14-19-18-13(17)25-14)6-8-3-4-9(23-12(15)16)10(5-8)22-2/h3-5,12H,6-7H2,1-2H3,(H2,17,18). The number of nitrogen functional groups attached to an aromatic ring is 1. The molecule has 0 aliphatic rings. The molecule has 7 nitrogen and oxygen atoms in total. The molecule has 1 amide bonds. The van der Waals surface area contributed by atoms with Crippen molar-refractivity contribution < 1.29 is 23.0 Å². The number of hydrogen-bond donors (Lipinski definition) is 1. The van der Waals surface area contributed by atoms with Crippen LogP contribution in [0.5, 0.6) is 11.5 Å². The van der Waals surface area contributed by atoms with E-state index in [1.165, 1.54) is 41.2 Å². The molecule has 0 bridgehead atoms. The SMILES string of the molecule is COc1cc(CN(C)C(=O)CSc2nnc(N)s2)ccc1OC(F)F. The topological polar surface area (TPSA) is 90.6 Å². The van der Waals surface area contributed by atoms with Crippen LogP contribution in [0.1, 0.15) is 5.56 Å². The van der Waals surface area contributed by atoms with Crippen molar-refractivity contribution >= 4 is 34.1 Å². The molecule has 0 atom stereocenters. The lowest BCUT2D eigenvalue weighted by atomic mass is 10.2. The lowest BCUT2D eigenvalue weighted by Crippen LogP contribution is -2.27. The first-order chi connectivity index (χ1) is 11.9. The van der Waals surface area contributed by atoms with Gasteiger partial charge in [-0.2, -0.15) is 8.78 Å². The van der Waals surface area contributed by atoms with Gasteiger partial charge >= 0.3 is 6.61 Å². The number of thioether (sulfide) groups is 1. The average molecular weight is 390 g/mol. The number of aromatic nitrogens is 2. The van der Waals surface area contributed by atoms with Crippen molar-refractivity contribution in [2.75, 3.05) is 25.6 Å². The molecule has 2 rings (SSSR count). The third kappa shape index (κ3) is 5.71. The Morgan fingerprint density at radius 1 is 1.40 bits per heavy atom. The molecular weight excluding hydrogens is 374 g/mol. The molecule has 0 saturated carbocycles. The molecule has 0 unspecified atom stereocenters. The summed E-state index contributed by atoms with van der Waals surface area (Å²) in [5.74, 6) is 0.192. The van der Waals surface area contributed by atoms with E-state index in [0.717, 1.165) is 5.56 Å². The summed E-state index contributed by atoms with van der Waals surface area (Å²) in [4.78, 5) is 13.7. The van der Waals surface area contributed by atoms with Gasteiger partial charge in [0.05, 0.1) is 12.9 Å². The molecule has 0 fully saturated rings. The number of carbonyl (C=O) groups excluding carboxylic acids is 1. The normalized spacial score (nSPS) is 10.8. The quantitative estimate of drug-likeness (QED) is 0.693. The third-order valence-electron chi connectivity index (χ3n) is 3.03. The zero-order valence-electron chi connectivity index (χ0n) is 13.4. The Morgan fingerprint density at radius 3 is 2.76 bits per heavy atom. The molecule has 0 aliphatic heterocycles. The maximum absolute atomic E-state index is 12.3. The van der Waals surface area contributed by atoms with Gasteiger partial charge in [0.1, 0.15) is 0 Å². The summed E-state index contributed by atoms with van der Waals surface area (Å²) in [5, 5.41) is 7.86. The van der Waals surface area contributed by atoms with Crippen LogP contribution < -0.4 is 15.2 Å². The summed E-state index contributed by atoms with van der Waals surface area (Å²) in [5.41, 5.74) is 6.21. The van der Waals surface area contributed by atoms with Crippen LogP contribution in [0, 0.1) is 0 Å². The average Bonchev–Trinajstić information content (AvgIpc) is 2.98. The van der Waals surface area contributed by atoms with Crippen molar-refractivity contribution in [2.24, 2.45) is 0 Å². The van der Waals surface area contributed by atoms with Crippen molar-refractivity contribution in [1.82, 2.24) is 15.1 Å². The maximum atomic E-state index is 12.3. The Kier molecular flexibility index (Phi) is 6.76. The van der Waals surface area contributed by atoms with Gasteiger partial charge in [0.25, 0.3) is 0 Å². The second kappa shape index (κ2) is 8.81. The molecule has 1 aromatic heterocycles. The number of rotatable bonds is 8. The summed E-state index contributed by atoms with van der Waals surface area (Å²) >= 11 is 2.46. The Hall–Kier alpha value is -2.14. The van der Waals surface area contributed by atoms with Crippen molar-refractivity contribution in [3.05, 3.63) is 23.8 Å². The number of nitrogens with two attached hydrogens (primary N) is 1. The number of halogens is 2. The molecule has 11 heteroatoms. The zero-order chi connectivity index (χ0) is 18.4. The first-order valence-corrected chi connectivity index (χ1v) is 8.76. The van der Waals surface area contributed by atoms with Gasteiger partial charge in [0, 0.05) is 13.6 Å². The van der Waals surface area contributed by atoms with E-state index < -0.39 is 6.61 Å². The summed E-state index contributed by atoms with van der Waals surface area (Å²) in [6.07, 6.45) is 0. The van der Waals surface area contributed by atoms with E-state index >= 15 is 0 Å². The van der Waals surface area contributed by atoms with Gasteiger partial charge in [-0.25, -0.2) is 0 Å². The third-order valence-corrected chi connectivity index (χ3v) is 4.90. The number of alkyl halides is 2. The maximum Gasteiger partial charge on any atom is 0.387 e. The van der Waals surface area contributed by atoms with Crippen molar-refractivity contribution in [3.63, 3.8) is 0 Å². The van der Waals surface area contributed by atoms with Crippen LogP contribution in [-0.4, -0.2) is 47.5 Å². The van der Waals surface area contributed by atoms with Crippen molar-refractivity contribution in [2.45, 2.75) is 17.5 Å². The molecule has 25 heavy (non-hydrogen) atoms. The van der Waals surface area contributed by atoms with Crippen LogP contribution >= 0.6 is 23.1 Å². The number of anilines is 1. The first kappa shape index (κ1) is 19.2. The highest BCUT2D eigenvalue weighted by Crippen LogP contribution is 2.30. The molecule has 0 aliphatic carbocycles. The highest BCUT2D eigenvalue weighted by atomic mass is 32.2. The molecule has 1 heterocycles. The van der Waals surface area contributed by atoms with E-state index in [-0.39, 0.29) is 23.2 Å². The van der Waals surface area contributed by atoms with Gasteiger partial charge in [-0.15, -0.1) is 10.2 Å². The predicted octanol–water partition coefficient (Wildman–Crippen LogP) is 2.48. The van der Waals surface area contributed by atoms with Gasteiger partial charge in [-0.3, -0.25) is 4.79 Å². The van der Waals surface area contributed by atoms with Gasteiger partial charge in [0.15, 0.2) is 15.8 Å². The van der Waals surface area contributed by atoms with Crippen LogP contribution in [0.15, 0.2) is 22.5 Å². The van der Waals surface area contributed by atoms with Crippen LogP contribution in [0.2, 0.25) is 0 Å². The molecule has 0 radical (unpaired) electrons. The fourth-order valence-corrected chi connectivity index (χ4v) is 3.45. The van der Waals surface area contributed by atoms with E-state index in [1.54, 1.807) is 19.2 Å². The second-order valence-corrected chi connectivity index (χ2v) is 7.04. The highest BCUT2D eigenvalue weighted by Gasteiger charge is 2.15. The van der Waals surface area contributed by atoms with E-state index in [0.29, 0.717) is 16.0 Å². The molecule has 2 N–H and O–H groups in total.